The second-order valence-electron chi connectivity index (χ2n) is 6.19. The number of anilines is 1. The van der Waals surface area contributed by atoms with E-state index in [2.05, 4.69) is 15.7 Å². The Labute approximate surface area is 164 Å². The maximum absolute atomic E-state index is 13.6. The predicted octanol–water partition coefficient (Wildman–Crippen LogP) is 3.18. The molecule has 1 atom stereocenters. The van der Waals surface area contributed by atoms with E-state index in [9.17, 15) is 18.4 Å². The summed E-state index contributed by atoms with van der Waals surface area (Å²) in [5.41, 5.74) is 1.49. The van der Waals surface area contributed by atoms with E-state index in [0.29, 0.717) is 6.07 Å². The molecule has 0 bridgehead atoms. The van der Waals surface area contributed by atoms with Gasteiger partial charge in [-0.3, -0.25) is 14.3 Å². The number of aromatic nitrogens is 2. The van der Waals surface area contributed by atoms with E-state index in [1.54, 1.807) is 4.68 Å². The maximum atomic E-state index is 13.6. The van der Waals surface area contributed by atoms with Gasteiger partial charge in [0.15, 0.2) is 0 Å². The van der Waals surface area contributed by atoms with Crippen molar-refractivity contribution in [2.45, 2.75) is 19.9 Å². The van der Waals surface area contributed by atoms with Crippen LogP contribution in [0.25, 0.3) is 0 Å². The molecule has 6 nitrogen and oxygen atoms in total. The zero-order valence-electron chi connectivity index (χ0n) is 15.2. The van der Waals surface area contributed by atoms with E-state index >= 15 is 0 Å². The number of aryl methyl sites for hydroxylation is 2. The van der Waals surface area contributed by atoms with E-state index in [-0.39, 0.29) is 18.3 Å². The van der Waals surface area contributed by atoms with Crippen LogP contribution in [-0.2, 0) is 9.59 Å². The van der Waals surface area contributed by atoms with Crippen LogP contribution in [0, 0.1) is 25.5 Å². The molecule has 0 spiro atoms. The lowest BCUT2D eigenvalue weighted by molar-refractivity contribution is -0.136. The summed E-state index contributed by atoms with van der Waals surface area (Å²) in [5.74, 6) is -3.69. The number of carbonyl (C=O) groups excluding carboxylic acids is 2. The molecule has 0 aliphatic carbocycles. The summed E-state index contributed by atoms with van der Waals surface area (Å²) >= 11 is 1.51. The molecule has 2 amide bonds. The van der Waals surface area contributed by atoms with Gasteiger partial charge in [0.05, 0.1) is 11.4 Å². The van der Waals surface area contributed by atoms with Gasteiger partial charge in [-0.1, -0.05) is 6.07 Å². The van der Waals surface area contributed by atoms with Crippen LogP contribution in [0.3, 0.4) is 0 Å². The molecule has 2 N–H and O–H groups in total. The number of amides is 2. The van der Waals surface area contributed by atoms with Gasteiger partial charge in [0, 0.05) is 23.2 Å². The van der Waals surface area contributed by atoms with Gasteiger partial charge >= 0.3 is 11.8 Å². The predicted molar refractivity (Wildman–Crippen MR) is 102 cm³/mol. The molecule has 0 fully saturated rings. The van der Waals surface area contributed by atoms with Gasteiger partial charge in [0.1, 0.15) is 17.7 Å². The van der Waals surface area contributed by atoms with Crippen molar-refractivity contribution in [2.75, 3.05) is 11.9 Å². The van der Waals surface area contributed by atoms with Crippen LogP contribution < -0.4 is 10.6 Å². The van der Waals surface area contributed by atoms with Crippen molar-refractivity contribution in [3.05, 3.63) is 69.7 Å². The third-order valence-electron chi connectivity index (χ3n) is 4.05. The largest absolute Gasteiger partial charge is 0.345 e. The lowest BCUT2D eigenvalue weighted by Crippen LogP contribution is -2.39. The average Bonchev–Trinajstić information content (AvgIpc) is 3.27. The summed E-state index contributed by atoms with van der Waals surface area (Å²) in [6.07, 6.45) is 0. The first-order valence-electron chi connectivity index (χ1n) is 8.45. The summed E-state index contributed by atoms with van der Waals surface area (Å²) < 4.78 is 28.4. The van der Waals surface area contributed by atoms with Gasteiger partial charge in [-0.2, -0.15) is 5.10 Å². The molecule has 146 valence electrons. The van der Waals surface area contributed by atoms with Crippen LogP contribution in [0.1, 0.15) is 22.3 Å². The molecule has 2 aromatic heterocycles. The van der Waals surface area contributed by atoms with Crippen LogP contribution in [0.5, 0.6) is 0 Å². The molecule has 1 unspecified atom stereocenters. The summed E-state index contributed by atoms with van der Waals surface area (Å²) in [6, 6.07) is 8.13. The minimum atomic E-state index is -1.04. The molecule has 3 rings (SSSR count). The Morgan fingerprint density at radius 1 is 1.18 bits per heavy atom. The highest BCUT2D eigenvalue weighted by molar-refractivity contribution is 7.10. The maximum Gasteiger partial charge on any atom is 0.313 e. The minimum absolute atomic E-state index is 0.126. The zero-order chi connectivity index (χ0) is 20.3. The molecular weight excluding hydrogens is 386 g/mol. The van der Waals surface area contributed by atoms with Crippen molar-refractivity contribution in [3.63, 3.8) is 0 Å². The fourth-order valence-corrected chi connectivity index (χ4v) is 3.60. The highest BCUT2D eigenvalue weighted by atomic mass is 32.1. The highest BCUT2D eigenvalue weighted by Crippen LogP contribution is 2.24. The second-order valence-corrected chi connectivity index (χ2v) is 7.17. The molecule has 1 aromatic carbocycles. The third kappa shape index (κ3) is 4.42. The molecule has 0 aliphatic heterocycles. The summed E-state index contributed by atoms with van der Waals surface area (Å²) in [5, 5.41) is 11.1. The number of halogens is 2. The van der Waals surface area contributed by atoms with E-state index in [1.807, 2.05) is 37.4 Å². The van der Waals surface area contributed by atoms with Crippen LogP contribution in [0.15, 0.2) is 41.8 Å². The number of rotatable bonds is 5. The molecule has 0 saturated carbocycles. The van der Waals surface area contributed by atoms with E-state index in [0.717, 1.165) is 28.4 Å². The van der Waals surface area contributed by atoms with Crippen LogP contribution in [0.4, 0.5) is 14.5 Å². The fraction of sp³-hybridized carbons (Fsp3) is 0.211. The smallest absolute Gasteiger partial charge is 0.313 e. The monoisotopic (exact) mass is 404 g/mol. The molecule has 3 aromatic rings. The fourth-order valence-electron chi connectivity index (χ4n) is 2.79. The molecule has 0 aliphatic rings. The first-order chi connectivity index (χ1) is 13.3. The Morgan fingerprint density at radius 3 is 2.57 bits per heavy atom. The molecule has 28 heavy (non-hydrogen) atoms. The first-order valence-corrected chi connectivity index (χ1v) is 9.33. The number of carbonyl (C=O) groups is 2. The topological polar surface area (TPSA) is 76.0 Å². The van der Waals surface area contributed by atoms with E-state index < -0.39 is 23.4 Å². The minimum Gasteiger partial charge on any atom is -0.345 e. The molecular formula is C19H18F2N4O2S. The molecule has 0 radical (unpaired) electrons. The molecule has 0 saturated heterocycles. The Kier molecular flexibility index (Phi) is 5.84. The third-order valence-corrected chi connectivity index (χ3v) is 5.03. The van der Waals surface area contributed by atoms with Gasteiger partial charge in [0.2, 0.25) is 0 Å². The van der Waals surface area contributed by atoms with Crippen molar-refractivity contribution >= 4 is 28.8 Å². The van der Waals surface area contributed by atoms with Crippen molar-refractivity contribution in [1.82, 2.24) is 15.1 Å². The van der Waals surface area contributed by atoms with Gasteiger partial charge in [-0.25, -0.2) is 8.78 Å². The quantitative estimate of drug-likeness (QED) is 0.642. The van der Waals surface area contributed by atoms with Crippen molar-refractivity contribution in [2.24, 2.45) is 0 Å². The standard InChI is InChI=1S/C19H18F2N4O2S/c1-11-8-12(2)25(24-11)16(17-4-3-7-28-17)10-22-18(26)19(27)23-15-6-5-13(20)9-14(15)21/h3-9,16H,10H2,1-2H3,(H,22,26)(H,23,27). The van der Waals surface area contributed by atoms with Crippen molar-refractivity contribution in [1.29, 1.82) is 0 Å². The second kappa shape index (κ2) is 8.30. The number of hydrogen-bond acceptors (Lipinski definition) is 4. The summed E-state index contributed by atoms with van der Waals surface area (Å²) in [4.78, 5) is 25.2. The number of nitrogens with zero attached hydrogens (tertiary/aromatic N) is 2. The van der Waals surface area contributed by atoms with Gasteiger partial charge in [-0.15, -0.1) is 11.3 Å². The lowest BCUT2D eigenvalue weighted by Gasteiger charge is -2.18. The zero-order valence-corrected chi connectivity index (χ0v) is 16.0. The van der Waals surface area contributed by atoms with Gasteiger partial charge in [-0.05, 0) is 43.5 Å². The molecule has 9 heteroatoms. The summed E-state index contributed by atoms with van der Waals surface area (Å²) in [7, 11) is 0. The molecule has 2 heterocycles. The SMILES string of the molecule is Cc1cc(C)n(C(CNC(=O)C(=O)Nc2ccc(F)cc2F)c2cccs2)n1. The van der Waals surface area contributed by atoms with Gasteiger partial charge in [0.25, 0.3) is 0 Å². The number of benzene rings is 1. The lowest BCUT2D eigenvalue weighted by atomic mass is 10.2. The number of thiophene rings is 1. The van der Waals surface area contributed by atoms with Crippen molar-refractivity contribution < 1.29 is 18.4 Å². The Hall–Kier alpha value is -3.07. The Bertz CT molecular complexity index is 1000. The Morgan fingerprint density at radius 2 is 1.96 bits per heavy atom. The Balaban J connectivity index is 1.70. The number of hydrogen-bond donors (Lipinski definition) is 2. The highest BCUT2D eigenvalue weighted by Gasteiger charge is 2.22. The van der Waals surface area contributed by atoms with Crippen LogP contribution in [-0.4, -0.2) is 28.1 Å². The van der Waals surface area contributed by atoms with Gasteiger partial charge < -0.3 is 10.6 Å². The van der Waals surface area contributed by atoms with Crippen LogP contribution in [0.2, 0.25) is 0 Å². The summed E-state index contributed by atoms with van der Waals surface area (Å²) in [6.45, 7) is 3.91. The average molecular weight is 404 g/mol. The van der Waals surface area contributed by atoms with Crippen molar-refractivity contribution in [3.8, 4) is 0 Å². The number of nitrogens with one attached hydrogen (secondary N) is 2. The first kappa shape index (κ1) is 19.7. The van der Waals surface area contributed by atoms with Crippen LogP contribution >= 0.6 is 11.3 Å². The van der Waals surface area contributed by atoms with E-state index in [4.69, 9.17) is 0 Å². The normalized spacial score (nSPS) is 11.9. The van der Waals surface area contributed by atoms with E-state index in [1.165, 1.54) is 11.3 Å².